The molecule has 0 spiro atoms. The predicted octanol–water partition coefficient (Wildman–Crippen LogP) is 4.31. The monoisotopic (exact) mass is 372 g/mol. The van der Waals surface area contributed by atoms with Crippen molar-refractivity contribution in [3.8, 4) is 5.75 Å². The number of ether oxygens (including phenoxy) is 1. The lowest BCUT2D eigenvalue weighted by molar-refractivity contribution is -0.116. The number of nitrogens with zero attached hydrogens (tertiary/aromatic N) is 1. The average Bonchev–Trinajstić information content (AvgIpc) is 3.18. The van der Waals surface area contributed by atoms with Crippen molar-refractivity contribution >= 4 is 17.3 Å². The van der Waals surface area contributed by atoms with Crippen LogP contribution >= 0.6 is 0 Å². The normalized spacial score (nSPS) is 12.5. The summed E-state index contributed by atoms with van der Waals surface area (Å²) < 4.78 is 5.81. The molecule has 0 aromatic heterocycles. The smallest absolute Gasteiger partial charge is 0.246 e. The van der Waals surface area contributed by atoms with Crippen molar-refractivity contribution in [2.24, 2.45) is 0 Å². The van der Waals surface area contributed by atoms with Gasteiger partial charge in [0.15, 0.2) is 0 Å². The summed E-state index contributed by atoms with van der Waals surface area (Å²) in [5.41, 5.74) is 4.46. The van der Waals surface area contributed by atoms with Crippen molar-refractivity contribution in [1.82, 2.24) is 0 Å². The van der Waals surface area contributed by atoms with Gasteiger partial charge in [0.25, 0.3) is 0 Å². The maximum absolute atomic E-state index is 12.6. The number of rotatable bonds is 7. The van der Waals surface area contributed by atoms with Gasteiger partial charge in [-0.25, -0.2) is 0 Å². The van der Waals surface area contributed by atoms with Gasteiger partial charge in [-0.2, -0.15) is 0 Å². The molecule has 4 nitrogen and oxygen atoms in total. The molecule has 28 heavy (non-hydrogen) atoms. The van der Waals surface area contributed by atoms with E-state index in [0.29, 0.717) is 6.61 Å². The van der Waals surface area contributed by atoms with Crippen LogP contribution in [0.2, 0.25) is 0 Å². The summed E-state index contributed by atoms with van der Waals surface area (Å²) >= 11 is 0. The fraction of sp³-hybridized carbons (Fsp3) is 0.208. The SMILES string of the molecule is O=C(CNc1ccc(OCCc2ccccc2)cc1)N1CCc2ccccc21. The van der Waals surface area contributed by atoms with Crippen molar-refractivity contribution in [3.05, 3.63) is 90.0 Å². The summed E-state index contributed by atoms with van der Waals surface area (Å²) in [6.45, 7) is 1.68. The number of benzene rings is 3. The van der Waals surface area contributed by atoms with Crippen molar-refractivity contribution in [1.29, 1.82) is 0 Å². The zero-order valence-electron chi connectivity index (χ0n) is 15.8. The van der Waals surface area contributed by atoms with Crippen LogP contribution in [0.1, 0.15) is 11.1 Å². The van der Waals surface area contributed by atoms with Crippen LogP contribution in [0.3, 0.4) is 0 Å². The number of carbonyl (C=O) groups excluding carboxylic acids is 1. The second kappa shape index (κ2) is 8.61. The van der Waals surface area contributed by atoms with Gasteiger partial charge in [-0.3, -0.25) is 4.79 Å². The second-order valence-electron chi connectivity index (χ2n) is 6.89. The van der Waals surface area contributed by atoms with Crippen molar-refractivity contribution in [2.45, 2.75) is 12.8 Å². The van der Waals surface area contributed by atoms with E-state index in [-0.39, 0.29) is 12.5 Å². The van der Waals surface area contributed by atoms with E-state index in [2.05, 4.69) is 23.5 Å². The highest BCUT2D eigenvalue weighted by atomic mass is 16.5. The Morgan fingerprint density at radius 3 is 2.50 bits per heavy atom. The Morgan fingerprint density at radius 1 is 0.929 bits per heavy atom. The molecule has 0 unspecified atom stereocenters. The number of hydrogen-bond acceptors (Lipinski definition) is 3. The summed E-state index contributed by atoms with van der Waals surface area (Å²) in [6, 6.07) is 26.2. The first-order chi connectivity index (χ1) is 13.8. The highest BCUT2D eigenvalue weighted by Crippen LogP contribution is 2.27. The molecule has 1 N–H and O–H groups in total. The Bertz CT molecular complexity index is 923. The summed E-state index contributed by atoms with van der Waals surface area (Å²) in [4.78, 5) is 14.4. The van der Waals surface area contributed by atoms with Crippen LogP contribution in [-0.4, -0.2) is 25.6 Å². The number of carbonyl (C=O) groups is 1. The quantitative estimate of drug-likeness (QED) is 0.672. The summed E-state index contributed by atoms with van der Waals surface area (Å²) in [5.74, 6) is 0.925. The van der Waals surface area contributed by atoms with Crippen LogP contribution in [0.15, 0.2) is 78.9 Å². The Kier molecular flexibility index (Phi) is 5.57. The number of hydrogen-bond donors (Lipinski definition) is 1. The molecule has 3 aromatic carbocycles. The van der Waals surface area contributed by atoms with Gasteiger partial charge in [0.2, 0.25) is 5.91 Å². The van der Waals surface area contributed by atoms with Gasteiger partial charge in [-0.1, -0.05) is 48.5 Å². The molecule has 4 rings (SSSR count). The van der Waals surface area contributed by atoms with Crippen molar-refractivity contribution in [3.63, 3.8) is 0 Å². The standard InChI is InChI=1S/C24H24N2O2/c27-24(26-16-14-20-8-4-5-9-23(20)26)18-25-21-10-12-22(13-11-21)28-17-15-19-6-2-1-3-7-19/h1-13,25H,14-18H2. The minimum atomic E-state index is 0.0909. The molecule has 0 bridgehead atoms. The summed E-state index contributed by atoms with van der Waals surface area (Å²) in [5, 5.41) is 3.21. The van der Waals surface area contributed by atoms with Crippen LogP contribution in [0, 0.1) is 0 Å². The second-order valence-corrected chi connectivity index (χ2v) is 6.89. The van der Waals surface area contributed by atoms with Gasteiger partial charge < -0.3 is 15.0 Å². The lowest BCUT2D eigenvalue weighted by Gasteiger charge is -2.18. The largest absolute Gasteiger partial charge is 0.493 e. The first kappa shape index (κ1) is 18.1. The first-order valence-electron chi connectivity index (χ1n) is 9.68. The predicted molar refractivity (Wildman–Crippen MR) is 113 cm³/mol. The fourth-order valence-electron chi connectivity index (χ4n) is 3.47. The van der Waals surface area contributed by atoms with Gasteiger partial charge in [-0.15, -0.1) is 0 Å². The molecule has 0 saturated heterocycles. The minimum Gasteiger partial charge on any atom is -0.493 e. The van der Waals surface area contributed by atoms with E-state index in [1.807, 2.05) is 65.6 Å². The molecule has 1 heterocycles. The van der Waals surface area contributed by atoms with Gasteiger partial charge in [0.1, 0.15) is 5.75 Å². The maximum Gasteiger partial charge on any atom is 0.246 e. The number of para-hydroxylation sites is 1. The molecule has 0 atom stereocenters. The molecule has 0 radical (unpaired) electrons. The van der Waals surface area contributed by atoms with Gasteiger partial charge in [0, 0.05) is 24.3 Å². The third kappa shape index (κ3) is 4.34. The molecule has 4 heteroatoms. The third-order valence-corrected chi connectivity index (χ3v) is 4.99. The number of fused-ring (bicyclic) bond motifs is 1. The van der Waals surface area contributed by atoms with Crippen molar-refractivity contribution < 1.29 is 9.53 Å². The molecular weight excluding hydrogens is 348 g/mol. The zero-order chi connectivity index (χ0) is 19.2. The summed E-state index contributed by atoms with van der Waals surface area (Å²) in [6.07, 6.45) is 1.81. The van der Waals surface area contributed by atoms with Gasteiger partial charge in [0.05, 0.1) is 13.2 Å². The van der Waals surface area contributed by atoms with E-state index in [9.17, 15) is 4.79 Å². The van der Waals surface area contributed by atoms with E-state index in [1.54, 1.807) is 0 Å². The van der Waals surface area contributed by atoms with E-state index in [1.165, 1.54) is 11.1 Å². The Hall–Kier alpha value is -3.27. The van der Waals surface area contributed by atoms with E-state index < -0.39 is 0 Å². The highest BCUT2D eigenvalue weighted by Gasteiger charge is 2.23. The fourth-order valence-corrected chi connectivity index (χ4v) is 3.47. The lowest BCUT2D eigenvalue weighted by atomic mass is 10.2. The van der Waals surface area contributed by atoms with Gasteiger partial charge in [-0.05, 0) is 47.9 Å². The third-order valence-electron chi connectivity index (χ3n) is 4.99. The Balaban J connectivity index is 1.25. The van der Waals surface area contributed by atoms with E-state index >= 15 is 0 Å². The Labute approximate surface area is 165 Å². The molecule has 0 aliphatic carbocycles. The van der Waals surface area contributed by atoms with Crippen LogP contribution in [0.4, 0.5) is 11.4 Å². The number of anilines is 2. The molecule has 3 aromatic rings. The van der Waals surface area contributed by atoms with E-state index in [4.69, 9.17) is 4.74 Å². The minimum absolute atomic E-state index is 0.0909. The topological polar surface area (TPSA) is 41.6 Å². The van der Waals surface area contributed by atoms with Crippen molar-refractivity contribution in [2.75, 3.05) is 29.9 Å². The molecular formula is C24H24N2O2. The van der Waals surface area contributed by atoms with Crippen LogP contribution < -0.4 is 15.0 Å². The highest BCUT2D eigenvalue weighted by molar-refractivity contribution is 5.98. The lowest BCUT2D eigenvalue weighted by Crippen LogP contribution is -2.34. The van der Waals surface area contributed by atoms with E-state index in [0.717, 1.165) is 36.5 Å². The molecule has 1 aliphatic heterocycles. The average molecular weight is 372 g/mol. The first-order valence-corrected chi connectivity index (χ1v) is 9.68. The van der Waals surface area contributed by atoms with Crippen LogP contribution in [0.25, 0.3) is 0 Å². The molecule has 1 amide bonds. The van der Waals surface area contributed by atoms with Crippen LogP contribution in [0.5, 0.6) is 5.75 Å². The molecule has 1 aliphatic rings. The molecule has 0 fully saturated rings. The molecule has 142 valence electrons. The number of nitrogens with one attached hydrogen (secondary N) is 1. The summed E-state index contributed by atoms with van der Waals surface area (Å²) in [7, 11) is 0. The molecule has 0 saturated carbocycles. The van der Waals surface area contributed by atoms with Crippen LogP contribution in [-0.2, 0) is 17.6 Å². The Morgan fingerprint density at radius 2 is 1.68 bits per heavy atom. The van der Waals surface area contributed by atoms with Gasteiger partial charge >= 0.3 is 0 Å². The zero-order valence-corrected chi connectivity index (χ0v) is 15.8. The maximum atomic E-state index is 12.6. The number of amides is 1.